The first-order chi connectivity index (χ1) is 6.11. The average molecular weight is 200 g/mol. The molecule has 0 saturated heterocycles. The molecular weight excluding hydrogens is 184 g/mol. The van der Waals surface area contributed by atoms with Crippen LogP contribution in [0.2, 0.25) is 0 Å². The second kappa shape index (κ2) is 4.72. The normalized spacial score (nSPS) is 15.7. The fraction of sp³-hybridized carbons (Fsp3) is 0.600. The molecule has 74 valence electrons. The summed E-state index contributed by atoms with van der Waals surface area (Å²) >= 11 is 1.71. The first-order valence-corrected chi connectivity index (χ1v) is 5.48. The minimum absolute atomic E-state index is 0.254. The van der Waals surface area contributed by atoms with Gasteiger partial charge in [-0.05, 0) is 25.5 Å². The quantitative estimate of drug-likeness (QED) is 0.811. The third kappa shape index (κ3) is 3.08. The molecule has 2 atom stereocenters. The first-order valence-electron chi connectivity index (χ1n) is 4.44. The van der Waals surface area contributed by atoms with Crippen molar-refractivity contribution in [2.75, 3.05) is 0 Å². The van der Waals surface area contributed by atoms with Gasteiger partial charge in [0, 0.05) is 5.25 Å². The van der Waals surface area contributed by atoms with Crippen molar-refractivity contribution in [3.8, 4) is 0 Å². The monoisotopic (exact) mass is 200 g/mol. The van der Waals surface area contributed by atoms with E-state index >= 15 is 0 Å². The van der Waals surface area contributed by atoms with Crippen LogP contribution in [0.4, 0.5) is 0 Å². The van der Waals surface area contributed by atoms with Gasteiger partial charge in [-0.25, -0.2) is 0 Å². The molecule has 2 unspecified atom stereocenters. The Morgan fingerprint density at radius 3 is 2.69 bits per heavy atom. The molecule has 0 aliphatic heterocycles. The zero-order chi connectivity index (χ0) is 9.84. The number of aliphatic hydroxyl groups is 1. The number of aryl methyl sites for hydroxylation is 1. The molecule has 0 aliphatic rings. The van der Waals surface area contributed by atoms with Crippen LogP contribution in [0.1, 0.15) is 25.2 Å². The van der Waals surface area contributed by atoms with Gasteiger partial charge in [0.1, 0.15) is 5.76 Å². The van der Waals surface area contributed by atoms with E-state index in [1.807, 2.05) is 26.8 Å². The van der Waals surface area contributed by atoms with Gasteiger partial charge < -0.3 is 9.52 Å². The Hall–Kier alpha value is -0.410. The van der Waals surface area contributed by atoms with E-state index in [0.717, 1.165) is 11.5 Å². The van der Waals surface area contributed by atoms with Crippen molar-refractivity contribution in [1.29, 1.82) is 0 Å². The summed E-state index contributed by atoms with van der Waals surface area (Å²) in [4.78, 5) is 0. The molecule has 0 amide bonds. The highest BCUT2D eigenvalue weighted by Crippen LogP contribution is 2.22. The lowest BCUT2D eigenvalue weighted by Gasteiger charge is -2.12. The second-order valence-corrected chi connectivity index (χ2v) is 4.65. The number of hydrogen-bond donors (Lipinski definition) is 1. The van der Waals surface area contributed by atoms with E-state index in [1.54, 1.807) is 18.0 Å². The molecule has 0 saturated carbocycles. The Kier molecular flexibility index (Phi) is 3.88. The number of aliphatic hydroxyl groups excluding tert-OH is 1. The van der Waals surface area contributed by atoms with E-state index in [-0.39, 0.29) is 11.4 Å². The molecule has 0 fully saturated rings. The molecule has 3 heteroatoms. The lowest BCUT2D eigenvalue weighted by Crippen LogP contribution is -2.15. The fourth-order valence-electron chi connectivity index (χ4n) is 0.898. The Morgan fingerprint density at radius 1 is 1.54 bits per heavy atom. The third-order valence-electron chi connectivity index (χ3n) is 2.12. The van der Waals surface area contributed by atoms with Crippen molar-refractivity contribution >= 4 is 11.8 Å². The summed E-state index contributed by atoms with van der Waals surface area (Å²) in [6.07, 6.45) is 1.44. The van der Waals surface area contributed by atoms with Crippen LogP contribution in [0.25, 0.3) is 0 Å². The van der Waals surface area contributed by atoms with E-state index in [0.29, 0.717) is 0 Å². The Balaban J connectivity index is 2.39. The predicted molar refractivity (Wildman–Crippen MR) is 55.9 cm³/mol. The summed E-state index contributed by atoms with van der Waals surface area (Å²) in [5.74, 6) is 1.85. The van der Waals surface area contributed by atoms with Crippen molar-refractivity contribution in [2.24, 2.45) is 0 Å². The number of rotatable bonds is 4. The van der Waals surface area contributed by atoms with Crippen LogP contribution in [-0.4, -0.2) is 16.5 Å². The Labute approximate surface area is 83.3 Å². The molecule has 0 spiro atoms. The van der Waals surface area contributed by atoms with Crippen LogP contribution in [0.3, 0.4) is 0 Å². The van der Waals surface area contributed by atoms with Gasteiger partial charge in [0.25, 0.3) is 0 Å². The van der Waals surface area contributed by atoms with E-state index in [4.69, 9.17) is 4.42 Å². The van der Waals surface area contributed by atoms with Crippen LogP contribution in [-0.2, 0) is 5.75 Å². The standard InChI is InChI=1S/C10H16O2S/c1-7-4-5-12-10(7)6-13-9(3)8(2)11/h4-5,8-9,11H,6H2,1-3H3. The maximum atomic E-state index is 9.27. The van der Waals surface area contributed by atoms with Crippen molar-refractivity contribution in [3.63, 3.8) is 0 Å². The van der Waals surface area contributed by atoms with E-state index < -0.39 is 0 Å². The zero-order valence-corrected chi connectivity index (χ0v) is 9.10. The van der Waals surface area contributed by atoms with Crippen molar-refractivity contribution in [3.05, 3.63) is 23.7 Å². The minimum atomic E-state index is -0.264. The maximum Gasteiger partial charge on any atom is 0.116 e. The molecule has 1 rings (SSSR count). The number of furan rings is 1. The third-order valence-corrected chi connectivity index (χ3v) is 3.47. The Morgan fingerprint density at radius 2 is 2.23 bits per heavy atom. The van der Waals surface area contributed by atoms with Crippen molar-refractivity contribution in [1.82, 2.24) is 0 Å². The van der Waals surface area contributed by atoms with Gasteiger partial charge in [-0.1, -0.05) is 6.92 Å². The average Bonchev–Trinajstić information content (AvgIpc) is 2.47. The molecule has 0 radical (unpaired) electrons. The summed E-state index contributed by atoms with van der Waals surface area (Å²) < 4.78 is 5.29. The predicted octanol–water partition coefficient (Wildman–Crippen LogP) is 2.59. The van der Waals surface area contributed by atoms with E-state index in [9.17, 15) is 5.11 Å². The summed E-state index contributed by atoms with van der Waals surface area (Å²) in [5.41, 5.74) is 1.19. The zero-order valence-electron chi connectivity index (χ0n) is 8.28. The topological polar surface area (TPSA) is 33.4 Å². The molecule has 0 aliphatic carbocycles. The molecule has 1 aromatic rings. The van der Waals surface area contributed by atoms with Crippen molar-refractivity contribution < 1.29 is 9.52 Å². The largest absolute Gasteiger partial charge is 0.468 e. The Bertz CT molecular complexity index is 255. The van der Waals surface area contributed by atoms with E-state index in [2.05, 4.69) is 0 Å². The number of thioether (sulfide) groups is 1. The van der Waals surface area contributed by atoms with Crippen molar-refractivity contribution in [2.45, 2.75) is 37.9 Å². The fourth-order valence-corrected chi connectivity index (χ4v) is 1.89. The maximum absolute atomic E-state index is 9.27. The summed E-state index contributed by atoms with van der Waals surface area (Å²) in [7, 11) is 0. The highest BCUT2D eigenvalue weighted by atomic mass is 32.2. The highest BCUT2D eigenvalue weighted by Gasteiger charge is 2.10. The second-order valence-electron chi connectivity index (χ2n) is 3.28. The lowest BCUT2D eigenvalue weighted by atomic mass is 10.3. The van der Waals surface area contributed by atoms with Gasteiger partial charge >= 0.3 is 0 Å². The van der Waals surface area contributed by atoms with Gasteiger partial charge in [0.05, 0.1) is 18.1 Å². The number of hydrogen-bond acceptors (Lipinski definition) is 3. The molecule has 1 aromatic heterocycles. The molecule has 1 N–H and O–H groups in total. The summed E-state index contributed by atoms with van der Waals surface area (Å²) in [5, 5.41) is 9.52. The van der Waals surface area contributed by atoms with Gasteiger partial charge in [0.2, 0.25) is 0 Å². The van der Waals surface area contributed by atoms with Gasteiger partial charge in [-0.15, -0.1) is 11.8 Å². The minimum Gasteiger partial charge on any atom is -0.468 e. The lowest BCUT2D eigenvalue weighted by molar-refractivity contribution is 0.196. The molecule has 1 heterocycles. The molecule has 0 aromatic carbocycles. The summed E-state index contributed by atoms with van der Waals surface area (Å²) in [6, 6.07) is 1.96. The SMILES string of the molecule is Cc1ccoc1CSC(C)C(C)O. The van der Waals surface area contributed by atoms with E-state index in [1.165, 1.54) is 5.56 Å². The molecule has 0 bridgehead atoms. The highest BCUT2D eigenvalue weighted by molar-refractivity contribution is 7.99. The van der Waals surface area contributed by atoms with Crippen LogP contribution >= 0.6 is 11.8 Å². The summed E-state index contributed by atoms with van der Waals surface area (Å²) in [6.45, 7) is 5.87. The van der Waals surface area contributed by atoms with Crippen LogP contribution in [0.15, 0.2) is 16.7 Å². The van der Waals surface area contributed by atoms with Gasteiger partial charge in [-0.2, -0.15) is 0 Å². The smallest absolute Gasteiger partial charge is 0.116 e. The molecule has 13 heavy (non-hydrogen) atoms. The molecular formula is C10H16O2S. The first kappa shape index (κ1) is 10.7. The van der Waals surface area contributed by atoms with Crippen LogP contribution in [0.5, 0.6) is 0 Å². The van der Waals surface area contributed by atoms with Gasteiger partial charge in [0.15, 0.2) is 0 Å². The van der Waals surface area contributed by atoms with Crippen LogP contribution in [0, 0.1) is 6.92 Å². The van der Waals surface area contributed by atoms with Crippen LogP contribution < -0.4 is 0 Å². The molecule has 2 nitrogen and oxygen atoms in total. The van der Waals surface area contributed by atoms with Gasteiger partial charge in [-0.3, -0.25) is 0 Å².